The zero-order chi connectivity index (χ0) is 15.7. The van der Waals surface area contributed by atoms with E-state index in [2.05, 4.69) is 4.98 Å². The zero-order valence-electron chi connectivity index (χ0n) is 10.7. The molecule has 0 unspecified atom stereocenters. The number of carbonyl (C=O) groups is 2. The minimum absolute atomic E-state index is 0.152. The molecule has 1 aromatic heterocycles. The standard InChI is InChI=1S/C12H9N3O6/c1-6-13-9(11(16)17)10(12(18)19)14(6)7-2-4-8(5-3-7)15(20)21/h2-5H,1H3,(H,16,17)(H,18,19). The van der Waals surface area contributed by atoms with Gasteiger partial charge < -0.3 is 10.2 Å². The van der Waals surface area contributed by atoms with Gasteiger partial charge in [-0.1, -0.05) is 0 Å². The third-order valence-corrected chi connectivity index (χ3v) is 2.77. The molecule has 0 bridgehead atoms. The van der Waals surface area contributed by atoms with E-state index >= 15 is 0 Å². The normalized spacial score (nSPS) is 10.3. The molecule has 9 heteroatoms. The second-order valence-corrected chi connectivity index (χ2v) is 4.08. The van der Waals surface area contributed by atoms with Gasteiger partial charge in [-0.05, 0) is 19.1 Å². The Morgan fingerprint density at radius 2 is 1.76 bits per heavy atom. The van der Waals surface area contributed by atoms with Gasteiger partial charge in [0, 0.05) is 17.8 Å². The molecular formula is C12H9N3O6. The quantitative estimate of drug-likeness (QED) is 0.643. The van der Waals surface area contributed by atoms with Crippen LogP contribution < -0.4 is 0 Å². The number of non-ortho nitro benzene ring substituents is 1. The van der Waals surface area contributed by atoms with E-state index in [4.69, 9.17) is 5.11 Å². The number of rotatable bonds is 4. The van der Waals surface area contributed by atoms with Gasteiger partial charge in [-0.3, -0.25) is 14.7 Å². The Bertz CT molecular complexity index is 747. The number of carboxylic acid groups (broad SMARTS) is 2. The molecule has 2 aromatic rings. The van der Waals surface area contributed by atoms with Crippen molar-refractivity contribution < 1.29 is 24.7 Å². The summed E-state index contributed by atoms with van der Waals surface area (Å²) in [7, 11) is 0. The average Bonchev–Trinajstić information content (AvgIpc) is 2.76. The zero-order valence-corrected chi connectivity index (χ0v) is 10.7. The van der Waals surface area contributed by atoms with Gasteiger partial charge >= 0.3 is 11.9 Å². The monoisotopic (exact) mass is 291 g/mol. The summed E-state index contributed by atoms with van der Waals surface area (Å²) in [5.41, 5.74) is -0.977. The van der Waals surface area contributed by atoms with Crippen molar-refractivity contribution in [2.45, 2.75) is 6.92 Å². The number of benzene rings is 1. The van der Waals surface area contributed by atoms with E-state index in [9.17, 15) is 24.8 Å². The molecule has 0 saturated heterocycles. The number of aromatic nitrogens is 2. The van der Waals surface area contributed by atoms with Gasteiger partial charge in [0.25, 0.3) is 5.69 Å². The number of aromatic carboxylic acids is 2. The Labute approximate surface area is 117 Å². The molecule has 0 aliphatic carbocycles. The number of aryl methyl sites for hydroxylation is 1. The molecule has 0 aliphatic rings. The minimum atomic E-state index is -1.46. The summed E-state index contributed by atoms with van der Waals surface area (Å²) in [6, 6.07) is 5.04. The van der Waals surface area contributed by atoms with Crippen molar-refractivity contribution in [3.63, 3.8) is 0 Å². The first-order valence-electron chi connectivity index (χ1n) is 5.63. The second-order valence-electron chi connectivity index (χ2n) is 4.08. The molecular weight excluding hydrogens is 282 g/mol. The SMILES string of the molecule is Cc1nc(C(=O)O)c(C(=O)O)n1-c1ccc([N+](=O)[O-])cc1. The van der Waals surface area contributed by atoms with Crippen LogP contribution in [-0.4, -0.2) is 36.6 Å². The highest BCUT2D eigenvalue weighted by Crippen LogP contribution is 2.21. The second kappa shape index (κ2) is 5.04. The van der Waals surface area contributed by atoms with Crippen LogP contribution in [0.25, 0.3) is 5.69 Å². The number of hydrogen-bond donors (Lipinski definition) is 2. The molecule has 0 fully saturated rings. The molecule has 21 heavy (non-hydrogen) atoms. The summed E-state index contributed by atoms with van der Waals surface area (Å²) in [5, 5.41) is 28.8. The van der Waals surface area contributed by atoms with Gasteiger partial charge in [-0.25, -0.2) is 14.6 Å². The molecule has 1 heterocycles. The van der Waals surface area contributed by atoms with Crippen LogP contribution in [0.1, 0.15) is 26.8 Å². The van der Waals surface area contributed by atoms with Gasteiger partial charge in [-0.2, -0.15) is 0 Å². The van der Waals surface area contributed by atoms with Crippen molar-refractivity contribution in [3.8, 4) is 5.69 Å². The maximum atomic E-state index is 11.3. The fraction of sp³-hybridized carbons (Fsp3) is 0.0833. The maximum absolute atomic E-state index is 11.3. The fourth-order valence-electron chi connectivity index (χ4n) is 1.92. The summed E-state index contributed by atoms with van der Waals surface area (Å²) in [6.07, 6.45) is 0. The van der Waals surface area contributed by atoms with Crippen LogP contribution in [0.2, 0.25) is 0 Å². The average molecular weight is 291 g/mol. The van der Waals surface area contributed by atoms with Gasteiger partial charge in [0.05, 0.1) is 4.92 Å². The highest BCUT2D eigenvalue weighted by molar-refractivity contribution is 5.99. The lowest BCUT2D eigenvalue weighted by Gasteiger charge is -2.07. The maximum Gasteiger partial charge on any atom is 0.357 e. The molecule has 9 nitrogen and oxygen atoms in total. The Hall–Kier alpha value is -3.23. The highest BCUT2D eigenvalue weighted by Gasteiger charge is 2.26. The van der Waals surface area contributed by atoms with Crippen LogP contribution in [-0.2, 0) is 0 Å². The Morgan fingerprint density at radius 3 is 2.19 bits per heavy atom. The fourth-order valence-corrected chi connectivity index (χ4v) is 1.92. The summed E-state index contributed by atoms with van der Waals surface area (Å²) in [6.45, 7) is 1.44. The number of imidazole rings is 1. The third kappa shape index (κ3) is 2.43. The number of nitro groups is 1. The van der Waals surface area contributed by atoms with Gasteiger partial charge in [0.1, 0.15) is 5.82 Å². The smallest absolute Gasteiger partial charge is 0.357 e. The Morgan fingerprint density at radius 1 is 1.19 bits per heavy atom. The number of carboxylic acids is 2. The van der Waals surface area contributed by atoms with Gasteiger partial charge in [0.2, 0.25) is 0 Å². The summed E-state index contributed by atoms with van der Waals surface area (Å²) in [5.74, 6) is -2.76. The molecule has 1 aromatic carbocycles. The van der Waals surface area contributed by atoms with E-state index in [1.54, 1.807) is 0 Å². The van der Waals surface area contributed by atoms with E-state index in [0.717, 1.165) is 4.57 Å². The van der Waals surface area contributed by atoms with E-state index in [1.807, 2.05) is 0 Å². The molecule has 0 saturated carbocycles. The first kappa shape index (κ1) is 14.2. The van der Waals surface area contributed by atoms with E-state index in [1.165, 1.54) is 31.2 Å². The number of hydrogen-bond acceptors (Lipinski definition) is 5. The van der Waals surface area contributed by atoms with Crippen molar-refractivity contribution in [1.82, 2.24) is 9.55 Å². The summed E-state index contributed by atoms with van der Waals surface area (Å²) < 4.78 is 1.12. The van der Waals surface area contributed by atoms with Crippen LogP contribution in [0.3, 0.4) is 0 Å². The van der Waals surface area contributed by atoms with E-state index in [0.29, 0.717) is 0 Å². The molecule has 0 spiro atoms. The first-order valence-corrected chi connectivity index (χ1v) is 5.63. The third-order valence-electron chi connectivity index (χ3n) is 2.77. The summed E-state index contributed by atoms with van der Waals surface area (Å²) in [4.78, 5) is 36.0. The summed E-state index contributed by atoms with van der Waals surface area (Å²) >= 11 is 0. The Kier molecular flexibility index (Phi) is 3.40. The van der Waals surface area contributed by atoms with Crippen molar-refractivity contribution in [2.75, 3.05) is 0 Å². The predicted octanol–water partition coefficient (Wildman–Crippen LogP) is 1.49. The molecule has 0 amide bonds. The largest absolute Gasteiger partial charge is 0.476 e. The Balaban J connectivity index is 2.65. The van der Waals surface area contributed by atoms with Crippen LogP contribution >= 0.6 is 0 Å². The lowest BCUT2D eigenvalue weighted by atomic mass is 10.2. The lowest BCUT2D eigenvalue weighted by Crippen LogP contribution is -2.12. The molecule has 2 rings (SSSR count). The molecule has 108 valence electrons. The van der Waals surface area contributed by atoms with E-state index in [-0.39, 0.29) is 17.2 Å². The topological polar surface area (TPSA) is 136 Å². The first-order chi connectivity index (χ1) is 9.82. The van der Waals surface area contributed by atoms with Crippen molar-refractivity contribution in [2.24, 2.45) is 0 Å². The van der Waals surface area contributed by atoms with Gasteiger partial charge in [0.15, 0.2) is 11.4 Å². The molecule has 0 aliphatic heterocycles. The predicted molar refractivity (Wildman–Crippen MR) is 68.9 cm³/mol. The van der Waals surface area contributed by atoms with Crippen LogP contribution in [0, 0.1) is 17.0 Å². The minimum Gasteiger partial charge on any atom is -0.476 e. The highest BCUT2D eigenvalue weighted by atomic mass is 16.6. The van der Waals surface area contributed by atoms with Crippen LogP contribution in [0.4, 0.5) is 5.69 Å². The molecule has 2 N–H and O–H groups in total. The lowest BCUT2D eigenvalue weighted by molar-refractivity contribution is -0.384. The van der Waals surface area contributed by atoms with Crippen molar-refractivity contribution >= 4 is 17.6 Å². The van der Waals surface area contributed by atoms with Crippen molar-refractivity contribution in [1.29, 1.82) is 0 Å². The van der Waals surface area contributed by atoms with Crippen LogP contribution in [0.15, 0.2) is 24.3 Å². The van der Waals surface area contributed by atoms with Crippen LogP contribution in [0.5, 0.6) is 0 Å². The molecule has 0 radical (unpaired) electrons. The number of nitrogens with zero attached hydrogens (tertiary/aromatic N) is 3. The van der Waals surface area contributed by atoms with Gasteiger partial charge in [-0.15, -0.1) is 0 Å². The number of nitro benzene ring substituents is 1. The van der Waals surface area contributed by atoms with E-state index < -0.39 is 28.2 Å². The van der Waals surface area contributed by atoms with Crippen molar-refractivity contribution in [3.05, 3.63) is 51.6 Å². The molecule has 0 atom stereocenters.